The second kappa shape index (κ2) is 14.5. The molecule has 0 aromatic heterocycles. The molecule has 1 atom stereocenters. The van der Waals surface area contributed by atoms with Gasteiger partial charge in [-0.1, -0.05) is 55.5 Å². The van der Waals surface area contributed by atoms with Crippen LogP contribution in [0.25, 0.3) is 0 Å². The molecule has 0 saturated carbocycles. The fraction of sp³-hybridized carbons (Fsp3) is 0.355. The lowest BCUT2D eigenvalue weighted by Crippen LogP contribution is -2.54. The molecule has 0 radical (unpaired) electrons. The second-order valence-electron chi connectivity index (χ2n) is 9.77. The summed E-state index contributed by atoms with van der Waals surface area (Å²) >= 11 is 0. The van der Waals surface area contributed by atoms with Crippen LogP contribution in [0.4, 0.5) is 5.69 Å². The predicted molar refractivity (Wildman–Crippen MR) is 160 cm³/mol. The Labute approximate surface area is 243 Å². The number of hydrogen-bond acceptors (Lipinski definition) is 6. The SMILES string of the molecule is CCC(C(=O)NC(C)C)N(CCc1ccccc1)C(=O)CN(c1ccccc1)S(=O)(=O)c1ccc(OC)c(OC)c1. The van der Waals surface area contributed by atoms with Gasteiger partial charge in [0, 0.05) is 18.7 Å². The summed E-state index contributed by atoms with van der Waals surface area (Å²) < 4.78 is 39.7. The Morgan fingerprint density at radius 2 is 1.49 bits per heavy atom. The second-order valence-corrected chi connectivity index (χ2v) is 11.6. The Morgan fingerprint density at radius 1 is 0.878 bits per heavy atom. The maximum Gasteiger partial charge on any atom is 0.264 e. The van der Waals surface area contributed by atoms with Gasteiger partial charge in [0.05, 0.1) is 24.8 Å². The molecular formula is C31H39N3O6S. The third-order valence-corrected chi connectivity index (χ3v) is 8.34. The van der Waals surface area contributed by atoms with Gasteiger partial charge in [0.1, 0.15) is 12.6 Å². The van der Waals surface area contributed by atoms with Crippen LogP contribution in [0.5, 0.6) is 11.5 Å². The zero-order chi connectivity index (χ0) is 30.0. The number of amides is 2. The van der Waals surface area contributed by atoms with Crippen molar-refractivity contribution in [3.05, 3.63) is 84.4 Å². The molecule has 220 valence electrons. The minimum Gasteiger partial charge on any atom is -0.493 e. The molecule has 0 aliphatic rings. The number of para-hydroxylation sites is 1. The molecule has 1 unspecified atom stereocenters. The minimum atomic E-state index is -4.23. The Balaban J connectivity index is 2.02. The molecule has 0 spiro atoms. The summed E-state index contributed by atoms with van der Waals surface area (Å²) in [5, 5.41) is 2.90. The van der Waals surface area contributed by atoms with Crippen molar-refractivity contribution in [1.82, 2.24) is 10.2 Å². The summed E-state index contributed by atoms with van der Waals surface area (Å²) in [5.74, 6) is -0.144. The molecule has 1 N–H and O–H groups in total. The van der Waals surface area contributed by atoms with Crippen LogP contribution < -0.4 is 19.1 Å². The first-order chi connectivity index (χ1) is 19.6. The van der Waals surface area contributed by atoms with Crippen molar-refractivity contribution in [2.75, 3.05) is 31.6 Å². The number of methoxy groups -OCH3 is 2. The number of nitrogens with zero attached hydrogens (tertiary/aromatic N) is 2. The fourth-order valence-corrected chi connectivity index (χ4v) is 5.93. The first kappa shape index (κ1) is 31.5. The van der Waals surface area contributed by atoms with E-state index in [1.54, 1.807) is 30.3 Å². The monoisotopic (exact) mass is 581 g/mol. The normalized spacial score (nSPS) is 12.0. The predicted octanol–water partition coefficient (Wildman–Crippen LogP) is 4.27. The zero-order valence-corrected chi connectivity index (χ0v) is 25.1. The summed E-state index contributed by atoms with van der Waals surface area (Å²) in [5.41, 5.74) is 1.32. The Hall–Kier alpha value is -4.05. The lowest BCUT2D eigenvalue weighted by Gasteiger charge is -2.33. The number of sulfonamides is 1. The van der Waals surface area contributed by atoms with Crippen LogP contribution in [-0.2, 0) is 26.0 Å². The van der Waals surface area contributed by atoms with Crippen LogP contribution in [-0.4, -0.2) is 64.5 Å². The van der Waals surface area contributed by atoms with E-state index in [9.17, 15) is 18.0 Å². The first-order valence-electron chi connectivity index (χ1n) is 13.6. The molecule has 3 aromatic carbocycles. The van der Waals surface area contributed by atoms with Gasteiger partial charge in [-0.15, -0.1) is 0 Å². The van der Waals surface area contributed by atoms with Gasteiger partial charge in [0.15, 0.2) is 11.5 Å². The highest BCUT2D eigenvalue weighted by Crippen LogP contribution is 2.32. The minimum absolute atomic E-state index is 0.0627. The zero-order valence-electron chi connectivity index (χ0n) is 24.2. The molecule has 41 heavy (non-hydrogen) atoms. The van der Waals surface area contributed by atoms with Crippen LogP contribution in [0.2, 0.25) is 0 Å². The molecule has 0 aliphatic heterocycles. The Kier molecular flexibility index (Phi) is 11.2. The molecule has 2 amide bonds. The number of nitrogens with one attached hydrogen (secondary N) is 1. The molecule has 9 nitrogen and oxygen atoms in total. The number of ether oxygens (including phenoxy) is 2. The topological polar surface area (TPSA) is 105 Å². The van der Waals surface area contributed by atoms with E-state index >= 15 is 0 Å². The maximum atomic E-state index is 14.0. The van der Waals surface area contributed by atoms with Gasteiger partial charge >= 0.3 is 0 Å². The number of rotatable bonds is 14. The van der Waals surface area contributed by atoms with Crippen molar-refractivity contribution in [3.63, 3.8) is 0 Å². The van der Waals surface area contributed by atoms with Gasteiger partial charge in [-0.25, -0.2) is 8.42 Å². The highest BCUT2D eigenvalue weighted by Gasteiger charge is 2.34. The quantitative estimate of drug-likeness (QED) is 0.305. The molecule has 0 heterocycles. The van der Waals surface area contributed by atoms with Crippen molar-refractivity contribution >= 4 is 27.5 Å². The van der Waals surface area contributed by atoms with Crippen molar-refractivity contribution in [2.45, 2.75) is 50.6 Å². The molecular weight excluding hydrogens is 542 g/mol. The van der Waals surface area contributed by atoms with E-state index in [-0.39, 0.29) is 29.1 Å². The van der Waals surface area contributed by atoms with Gasteiger partial charge < -0.3 is 19.7 Å². The van der Waals surface area contributed by atoms with Crippen LogP contribution in [0.3, 0.4) is 0 Å². The van der Waals surface area contributed by atoms with Gasteiger partial charge in [-0.3, -0.25) is 13.9 Å². The average Bonchev–Trinajstić information content (AvgIpc) is 2.97. The standard InChI is InChI=1S/C31H39N3O6S/c1-6-27(31(36)32-23(2)3)33(20-19-24-13-9-7-10-14-24)30(35)22-34(25-15-11-8-12-16-25)41(37,38)26-17-18-28(39-4)29(21-26)40-5/h7-18,21,23,27H,6,19-20,22H2,1-5H3,(H,32,36). The summed E-state index contributed by atoms with van der Waals surface area (Å²) in [4.78, 5) is 28.6. The van der Waals surface area contributed by atoms with Gasteiger partial charge in [-0.2, -0.15) is 0 Å². The highest BCUT2D eigenvalue weighted by molar-refractivity contribution is 7.92. The lowest BCUT2D eigenvalue weighted by atomic mass is 10.1. The number of hydrogen-bond donors (Lipinski definition) is 1. The maximum absolute atomic E-state index is 14.0. The average molecular weight is 582 g/mol. The van der Waals surface area contributed by atoms with Crippen LogP contribution in [0.1, 0.15) is 32.8 Å². The van der Waals surface area contributed by atoms with E-state index < -0.39 is 28.5 Å². The summed E-state index contributed by atoms with van der Waals surface area (Å²) in [6, 6.07) is 21.5. The third kappa shape index (κ3) is 8.00. The lowest BCUT2D eigenvalue weighted by molar-refractivity contribution is -0.139. The summed E-state index contributed by atoms with van der Waals surface area (Å²) in [6.07, 6.45) is 0.874. The summed E-state index contributed by atoms with van der Waals surface area (Å²) in [6.45, 7) is 5.29. The van der Waals surface area contributed by atoms with Crippen molar-refractivity contribution in [3.8, 4) is 11.5 Å². The molecule has 3 rings (SSSR count). The number of carbonyl (C=O) groups excluding carboxylic acids is 2. The van der Waals surface area contributed by atoms with Crippen LogP contribution in [0.15, 0.2) is 83.8 Å². The van der Waals surface area contributed by atoms with Crippen molar-refractivity contribution in [1.29, 1.82) is 0 Å². The van der Waals surface area contributed by atoms with Crippen LogP contribution >= 0.6 is 0 Å². The molecule has 0 aliphatic carbocycles. The molecule has 0 saturated heterocycles. The van der Waals surface area contributed by atoms with Crippen molar-refractivity contribution < 1.29 is 27.5 Å². The third-order valence-electron chi connectivity index (χ3n) is 6.57. The number of carbonyl (C=O) groups is 2. The Bertz CT molecular complexity index is 1400. The van der Waals surface area contributed by atoms with Crippen molar-refractivity contribution in [2.24, 2.45) is 0 Å². The van der Waals surface area contributed by atoms with E-state index in [0.717, 1.165) is 9.87 Å². The molecule has 10 heteroatoms. The molecule has 0 fully saturated rings. The van der Waals surface area contributed by atoms with E-state index in [1.165, 1.54) is 37.3 Å². The van der Waals surface area contributed by atoms with Gasteiger partial charge in [0.25, 0.3) is 10.0 Å². The van der Waals surface area contributed by atoms with E-state index in [4.69, 9.17) is 9.47 Å². The largest absolute Gasteiger partial charge is 0.493 e. The van der Waals surface area contributed by atoms with E-state index in [1.807, 2.05) is 51.1 Å². The summed E-state index contributed by atoms with van der Waals surface area (Å²) in [7, 11) is -1.35. The molecule has 0 bridgehead atoms. The highest BCUT2D eigenvalue weighted by atomic mass is 32.2. The van der Waals surface area contributed by atoms with Crippen LogP contribution in [0, 0.1) is 0 Å². The smallest absolute Gasteiger partial charge is 0.264 e. The van der Waals surface area contributed by atoms with Gasteiger partial charge in [-0.05, 0) is 56.5 Å². The first-order valence-corrected chi connectivity index (χ1v) is 15.0. The number of benzene rings is 3. The molecule has 3 aromatic rings. The number of anilines is 1. The van der Waals surface area contributed by atoms with Gasteiger partial charge in [0.2, 0.25) is 11.8 Å². The fourth-order valence-electron chi connectivity index (χ4n) is 4.50. The Morgan fingerprint density at radius 3 is 2.05 bits per heavy atom. The van der Waals surface area contributed by atoms with E-state index in [0.29, 0.717) is 24.3 Å². The van der Waals surface area contributed by atoms with E-state index in [2.05, 4.69) is 5.32 Å².